The predicted octanol–water partition coefficient (Wildman–Crippen LogP) is 1.74. The Kier molecular flexibility index (Phi) is 5.29. The highest BCUT2D eigenvalue weighted by Crippen LogP contribution is 2.14. The molecule has 1 aromatic rings. The first-order valence-corrected chi connectivity index (χ1v) is 5.79. The summed E-state index contributed by atoms with van der Waals surface area (Å²) in [6, 6.07) is 7.20. The molecular formula is C12H17ClN2O. The Morgan fingerprint density at radius 3 is 2.81 bits per heavy atom. The third kappa shape index (κ3) is 3.83. The standard InChI is InChI=1S/C12H17ClN2O/c1-2-11(14)12(16)15-8-7-9-5-3-4-6-10(9)13/h3-6,11H,2,7-8,14H2,1H3,(H,15,16). The van der Waals surface area contributed by atoms with Crippen molar-refractivity contribution in [3.8, 4) is 0 Å². The van der Waals surface area contributed by atoms with Crippen molar-refractivity contribution in [2.24, 2.45) is 5.73 Å². The molecule has 1 atom stereocenters. The van der Waals surface area contributed by atoms with E-state index >= 15 is 0 Å². The molecule has 3 N–H and O–H groups in total. The average molecular weight is 241 g/mol. The van der Waals surface area contributed by atoms with Crippen molar-refractivity contribution >= 4 is 17.5 Å². The Morgan fingerprint density at radius 2 is 2.19 bits per heavy atom. The van der Waals surface area contributed by atoms with Crippen molar-refractivity contribution in [1.29, 1.82) is 0 Å². The third-order valence-electron chi connectivity index (χ3n) is 2.43. The van der Waals surface area contributed by atoms with Crippen LogP contribution in [0.1, 0.15) is 18.9 Å². The average Bonchev–Trinajstić information content (AvgIpc) is 2.30. The van der Waals surface area contributed by atoms with E-state index in [2.05, 4.69) is 5.32 Å². The van der Waals surface area contributed by atoms with Crippen LogP contribution in [0, 0.1) is 0 Å². The lowest BCUT2D eigenvalue weighted by Gasteiger charge is -2.10. The molecule has 0 aliphatic heterocycles. The zero-order valence-electron chi connectivity index (χ0n) is 9.37. The molecule has 0 saturated carbocycles. The highest BCUT2D eigenvalue weighted by Gasteiger charge is 2.09. The molecule has 16 heavy (non-hydrogen) atoms. The largest absolute Gasteiger partial charge is 0.354 e. The number of rotatable bonds is 5. The predicted molar refractivity (Wildman–Crippen MR) is 66.4 cm³/mol. The Bertz CT molecular complexity index is 355. The minimum absolute atomic E-state index is 0.102. The van der Waals surface area contributed by atoms with Gasteiger partial charge in [0.05, 0.1) is 6.04 Å². The van der Waals surface area contributed by atoms with Crippen LogP contribution in [0.25, 0.3) is 0 Å². The summed E-state index contributed by atoms with van der Waals surface area (Å²) in [4.78, 5) is 11.4. The lowest BCUT2D eigenvalue weighted by Crippen LogP contribution is -2.40. The van der Waals surface area contributed by atoms with Crippen LogP contribution in [0.5, 0.6) is 0 Å². The van der Waals surface area contributed by atoms with Crippen molar-refractivity contribution in [1.82, 2.24) is 5.32 Å². The lowest BCUT2D eigenvalue weighted by molar-refractivity contribution is -0.122. The van der Waals surface area contributed by atoms with Gasteiger partial charge >= 0.3 is 0 Å². The number of carbonyl (C=O) groups is 1. The van der Waals surface area contributed by atoms with Gasteiger partial charge in [0.15, 0.2) is 0 Å². The number of halogens is 1. The number of amides is 1. The fourth-order valence-electron chi connectivity index (χ4n) is 1.34. The summed E-state index contributed by atoms with van der Waals surface area (Å²) in [5.41, 5.74) is 6.62. The van der Waals surface area contributed by atoms with E-state index in [0.717, 1.165) is 17.0 Å². The Labute approximate surface area is 101 Å². The van der Waals surface area contributed by atoms with Crippen molar-refractivity contribution in [2.45, 2.75) is 25.8 Å². The van der Waals surface area contributed by atoms with Crippen molar-refractivity contribution in [3.63, 3.8) is 0 Å². The summed E-state index contributed by atoms with van der Waals surface area (Å²) in [7, 11) is 0. The molecule has 0 saturated heterocycles. The van der Waals surface area contributed by atoms with Crippen molar-refractivity contribution in [2.75, 3.05) is 6.54 Å². The summed E-state index contributed by atoms with van der Waals surface area (Å²) < 4.78 is 0. The topological polar surface area (TPSA) is 55.1 Å². The maximum absolute atomic E-state index is 11.4. The second-order valence-electron chi connectivity index (χ2n) is 3.65. The molecule has 0 bridgehead atoms. The van der Waals surface area contributed by atoms with Gasteiger partial charge in [0.1, 0.15) is 0 Å². The number of hydrogen-bond donors (Lipinski definition) is 2. The quantitative estimate of drug-likeness (QED) is 0.824. The molecule has 4 heteroatoms. The molecule has 0 radical (unpaired) electrons. The van der Waals surface area contributed by atoms with Crippen LogP contribution in [0.3, 0.4) is 0 Å². The molecule has 0 fully saturated rings. The maximum Gasteiger partial charge on any atom is 0.236 e. The molecule has 1 unspecified atom stereocenters. The Morgan fingerprint density at radius 1 is 1.50 bits per heavy atom. The van der Waals surface area contributed by atoms with Gasteiger partial charge in [-0.15, -0.1) is 0 Å². The molecular weight excluding hydrogens is 224 g/mol. The summed E-state index contributed by atoms with van der Waals surface area (Å²) in [6.45, 7) is 2.45. The van der Waals surface area contributed by atoms with Gasteiger partial charge in [-0.3, -0.25) is 4.79 Å². The molecule has 0 aromatic heterocycles. The van der Waals surface area contributed by atoms with Crippen molar-refractivity contribution < 1.29 is 4.79 Å². The first-order chi connectivity index (χ1) is 7.65. The molecule has 3 nitrogen and oxygen atoms in total. The number of benzene rings is 1. The fourth-order valence-corrected chi connectivity index (χ4v) is 1.57. The summed E-state index contributed by atoms with van der Waals surface area (Å²) >= 11 is 5.99. The van der Waals surface area contributed by atoms with Gasteiger partial charge in [0.2, 0.25) is 5.91 Å². The fraction of sp³-hybridized carbons (Fsp3) is 0.417. The van der Waals surface area contributed by atoms with Crippen LogP contribution in [0.4, 0.5) is 0 Å². The molecule has 88 valence electrons. The van der Waals surface area contributed by atoms with E-state index in [4.69, 9.17) is 17.3 Å². The Hall–Kier alpha value is -1.06. The first-order valence-electron chi connectivity index (χ1n) is 5.41. The summed E-state index contributed by atoms with van der Waals surface area (Å²) in [6.07, 6.45) is 1.37. The SMILES string of the molecule is CCC(N)C(=O)NCCc1ccccc1Cl. The zero-order valence-corrected chi connectivity index (χ0v) is 10.1. The van der Waals surface area contributed by atoms with E-state index in [9.17, 15) is 4.79 Å². The van der Waals surface area contributed by atoms with Gasteiger partial charge in [0.25, 0.3) is 0 Å². The van der Waals surface area contributed by atoms with E-state index in [0.29, 0.717) is 13.0 Å². The third-order valence-corrected chi connectivity index (χ3v) is 2.80. The molecule has 1 amide bonds. The number of carbonyl (C=O) groups excluding carboxylic acids is 1. The molecule has 0 aliphatic rings. The van der Waals surface area contributed by atoms with Gasteiger partial charge < -0.3 is 11.1 Å². The molecule has 0 spiro atoms. The summed E-state index contributed by atoms with van der Waals surface area (Å²) in [5.74, 6) is -0.102. The van der Waals surface area contributed by atoms with E-state index in [1.165, 1.54) is 0 Å². The van der Waals surface area contributed by atoms with Crippen LogP contribution in [0.15, 0.2) is 24.3 Å². The highest BCUT2D eigenvalue weighted by atomic mass is 35.5. The first kappa shape index (κ1) is 13.0. The van der Waals surface area contributed by atoms with E-state index < -0.39 is 6.04 Å². The van der Waals surface area contributed by atoms with Gasteiger partial charge in [-0.1, -0.05) is 36.7 Å². The molecule has 1 aromatic carbocycles. The molecule has 0 heterocycles. The minimum Gasteiger partial charge on any atom is -0.354 e. The molecule has 0 aliphatic carbocycles. The van der Waals surface area contributed by atoms with E-state index in [1.807, 2.05) is 31.2 Å². The second kappa shape index (κ2) is 6.51. The number of nitrogens with two attached hydrogens (primary N) is 1. The van der Waals surface area contributed by atoms with Crippen molar-refractivity contribution in [3.05, 3.63) is 34.9 Å². The van der Waals surface area contributed by atoms with E-state index in [-0.39, 0.29) is 5.91 Å². The van der Waals surface area contributed by atoms with Gasteiger partial charge in [-0.05, 0) is 24.5 Å². The smallest absolute Gasteiger partial charge is 0.236 e. The lowest BCUT2D eigenvalue weighted by atomic mass is 10.1. The molecule has 1 rings (SSSR count). The van der Waals surface area contributed by atoms with Crippen LogP contribution in [-0.4, -0.2) is 18.5 Å². The number of nitrogens with one attached hydrogen (secondary N) is 1. The van der Waals surface area contributed by atoms with E-state index in [1.54, 1.807) is 0 Å². The Balaban J connectivity index is 2.36. The van der Waals surface area contributed by atoms with Gasteiger partial charge in [0, 0.05) is 11.6 Å². The van der Waals surface area contributed by atoms with Crippen LogP contribution in [-0.2, 0) is 11.2 Å². The monoisotopic (exact) mass is 240 g/mol. The van der Waals surface area contributed by atoms with Gasteiger partial charge in [-0.2, -0.15) is 0 Å². The van der Waals surface area contributed by atoms with Crippen LogP contribution < -0.4 is 11.1 Å². The van der Waals surface area contributed by atoms with Crippen LogP contribution in [0.2, 0.25) is 5.02 Å². The van der Waals surface area contributed by atoms with Gasteiger partial charge in [-0.25, -0.2) is 0 Å². The van der Waals surface area contributed by atoms with Crippen LogP contribution >= 0.6 is 11.6 Å². The minimum atomic E-state index is -0.411. The highest BCUT2D eigenvalue weighted by molar-refractivity contribution is 6.31. The zero-order chi connectivity index (χ0) is 12.0. The number of hydrogen-bond acceptors (Lipinski definition) is 2. The normalized spacial score (nSPS) is 12.2. The second-order valence-corrected chi connectivity index (χ2v) is 4.05. The summed E-state index contributed by atoms with van der Waals surface area (Å²) in [5, 5.41) is 3.52. The maximum atomic E-state index is 11.4.